The van der Waals surface area contributed by atoms with Gasteiger partial charge in [0.2, 0.25) is 0 Å². The lowest BCUT2D eigenvalue weighted by molar-refractivity contribution is 0.171. The molecule has 4 nitrogen and oxygen atoms in total. The van der Waals surface area contributed by atoms with Crippen LogP contribution < -0.4 is 9.47 Å². The smallest absolute Gasteiger partial charge is 0.174 e. The molecular formula is C12H12N2O2S2. The quantitative estimate of drug-likeness (QED) is 0.809. The van der Waals surface area contributed by atoms with E-state index in [0.717, 1.165) is 26.6 Å². The zero-order valence-electron chi connectivity index (χ0n) is 9.88. The van der Waals surface area contributed by atoms with E-state index < -0.39 is 0 Å². The van der Waals surface area contributed by atoms with Crippen molar-refractivity contribution in [3.8, 4) is 11.5 Å². The fraction of sp³-hybridized carbons (Fsp3) is 0.333. The maximum absolute atomic E-state index is 5.56. The molecular weight excluding hydrogens is 268 g/mol. The van der Waals surface area contributed by atoms with Crippen LogP contribution in [-0.4, -0.2) is 23.4 Å². The van der Waals surface area contributed by atoms with Crippen LogP contribution in [0.25, 0.3) is 0 Å². The second-order valence-corrected chi connectivity index (χ2v) is 6.26. The predicted molar refractivity (Wildman–Crippen MR) is 71.6 cm³/mol. The summed E-state index contributed by atoms with van der Waals surface area (Å²) in [5, 5.41) is 9.10. The zero-order valence-corrected chi connectivity index (χ0v) is 11.5. The monoisotopic (exact) mass is 280 g/mol. The molecule has 1 aromatic heterocycles. The summed E-state index contributed by atoms with van der Waals surface area (Å²) in [6.07, 6.45) is 0. The molecule has 0 amide bonds. The highest BCUT2D eigenvalue weighted by molar-refractivity contribution is 8.00. The van der Waals surface area contributed by atoms with Crippen molar-refractivity contribution in [1.29, 1.82) is 0 Å². The topological polar surface area (TPSA) is 44.2 Å². The van der Waals surface area contributed by atoms with Gasteiger partial charge in [-0.3, -0.25) is 0 Å². The van der Waals surface area contributed by atoms with E-state index in [1.807, 2.05) is 19.1 Å². The predicted octanol–water partition coefficient (Wildman–Crippen LogP) is 2.91. The van der Waals surface area contributed by atoms with Gasteiger partial charge in [0.15, 0.2) is 15.8 Å². The molecule has 0 aliphatic carbocycles. The van der Waals surface area contributed by atoms with Crippen molar-refractivity contribution < 1.29 is 9.47 Å². The van der Waals surface area contributed by atoms with E-state index in [9.17, 15) is 0 Å². The molecule has 94 valence electrons. The van der Waals surface area contributed by atoms with Gasteiger partial charge in [0.25, 0.3) is 0 Å². The Bertz CT molecular complexity index is 557. The number of benzene rings is 1. The number of aromatic nitrogens is 2. The Kier molecular flexibility index (Phi) is 3.38. The SMILES string of the molecule is Cc1nnc(SCc2ccc3c(c2)OCCO3)s1. The molecule has 6 heteroatoms. The van der Waals surface area contributed by atoms with Gasteiger partial charge in [0.1, 0.15) is 18.2 Å². The molecule has 0 N–H and O–H groups in total. The van der Waals surface area contributed by atoms with Crippen LogP contribution in [0.5, 0.6) is 11.5 Å². The van der Waals surface area contributed by atoms with Gasteiger partial charge < -0.3 is 9.47 Å². The molecule has 0 fully saturated rings. The largest absolute Gasteiger partial charge is 0.486 e. The van der Waals surface area contributed by atoms with Crippen molar-refractivity contribution in [3.63, 3.8) is 0 Å². The van der Waals surface area contributed by atoms with Crippen LogP contribution in [0.4, 0.5) is 0 Å². The number of hydrogen-bond acceptors (Lipinski definition) is 6. The minimum atomic E-state index is 0.624. The molecule has 0 saturated carbocycles. The number of rotatable bonds is 3. The van der Waals surface area contributed by atoms with Crippen LogP contribution in [0, 0.1) is 6.92 Å². The third-order valence-corrected chi connectivity index (χ3v) is 4.52. The molecule has 1 aromatic carbocycles. The summed E-state index contributed by atoms with van der Waals surface area (Å²) in [5.41, 5.74) is 1.21. The first-order valence-electron chi connectivity index (χ1n) is 5.63. The molecule has 2 aromatic rings. The van der Waals surface area contributed by atoms with E-state index in [2.05, 4.69) is 16.3 Å². The van der Waals surface area contributed by atoms with E-state index in [1.165, 1.54) is 5.56 Å². The first-order valence-corrected chi connectivity index (χ1v) is 7.43. The van der Waals surface area contributed by atoms with E-state index >= 15 is 0 Å². The third-order valence-electron chi connectivity index (χ3n) is 2.48. The maximum Gasteiger partial charge on any atom is 0.174 e. The number of ether oxygens (including phenoxy) is 2. The summed E-state index contributed by atoms with van der Waals surface area (Å²) in [7, 11) is 0. The molecule has 0 radical (unpaired) electrons. The Morgan fingerprint density at radius 3 is 2.83 bits per heavy atom. The van der Waals surface area contributed by atoms with Crippen molar-refractivity contribution >= 4 is 23.1 Å². The van der Waals surface area contributed by atoms with Gasteiger partial charge in [0, 0.05) is 5.75 Å². The summed E-state index contributed by atoms with van der Waals surface area (Å²) >= 11 is 3.31. The Morgan fingerprint density at radius 2 is 2.06 bits per heavy atom. The summed E-state index contributed by atoms with van der Waals surface area (Å²) in [5.74, 6) is 2.54. The molecule has 3 rings (SSSR count). The van der Waals surface area contributed by atoms with E-state index in [4.69, 9.17) is 9.47 Å². The maximum atomic E-state index is 5.56. The zero-order chi connectivity index (χ0) is 12.4. The number of nitrogens with zero attached hydrogens (tertiary/aromatic N) is 2. The molecule has 2 heterocycles. The lowest BCUT2D eigenvalue weighted by atomic mass is 10.2. The van der Waals surface area contributed by atoms with Crippen LogP contribution in [-0.2, 0) is 5.75 Å². The fourth-order valence-corrected chi connectivity index (χ4v) is 3.42. The van der Waals surface area contributed by atoms with Gasteiger partial charge in [-0.25, -0.2) is 0 Å². The van der Waals surface area contributed by atoms with Crippen LogP contribution in [0.15, 0.2) is 22.5 Å². The number of aryl methyl sites for hydroxylation is 1. The van der Waals surface area contributed by atoms with E-state index in [-0.39, 0.29) is 0 Å². The average Bonchev–Trinajstić information content (AvgIpc) is 2.82. The molecule has 18 heavy (non-hydrogen) atoms. The van der Waals surface area contributed by atoms with Crippen LogP contribution in [0.3, 0.4) is 0 Å². The van der Waals surface area contributed by atoms with Gasteiger partial charge in [-0.2, -0.15) is 0 Å². The molecule has 0 spiro atoms. The first kappa shape index (κ1) is 11.8. The Hall–Kier alpha value is -1.27. The molecule has 1 aliphatic rings. The van der Waals surface area contributed by atoms with Crippen LogP contribution in [0.1, 0.15) is 10.6 Å². The first-order chi connectivity index (χ1) is 8.81. The second-order valence-electron chi connectivity index (χ2n) is 3.85. The normalized spacial score (nSPS) is 13.6. The van der Waals surface area contributed by atoms with E-state index in [1.54, 1.807) is 23.1 Å². The fourth-order valence-electron chi connectivity index (χ4n) is 1.66. The Balaban J connectivity index is 1.69. The second kappa shape index (κ2) is 5.16. The number of hydrogen-bond donors (Lipinski definition) is 0. The molecule has 0 atom stereocenters. The summed E-state index contributed by atoms with van der Waals surface area (Å²) in [4.78, 5) is 0. The van der Waals surface area contributed by atoms with Crippen molar-refractivity contribution in [2.45, 2.75) is 17.0 Å². The van der Waals surface area contributed by atoms with Crippen molar-refractivity contribution in [3.05, 3.63) is 28.8 Å². The number of thioether (sulfide) groups is 1. The standard InChI is InChI=1S/C12H12N2O2S2/c1-8-13-14-12(18-8)17-7-9-2-3-10-11(6-9)16-5-4-15-10/h2-3,6H,4-5,7H2,1H3. The summed E-state index contributed by atoms with van der Waals surface area (Å²) in [6.45, 7) is 3.22. The highest BCUT2D eigenvalue weighted by atomic mass is 32.2. The van der Waals surface area contributed by atoms with Gasteiger partial charge in [-0.05, 0) is 24.6 Å². The van der Waals surface area contributed by atoms with Crippen molar-refractivity contribution in [1.82, 2.24) is 10.2 Å². The molecule has 0 unspecified atom stereocenters. The average molecular weight is 280 g/mol. The lowest BCUT2D eigenvalue weighted by Gasteiger charge is -2.18. The molecule has 0 saturated heterocycles. The highest BCUT2D eigenvalue weighted by Crippen LogP contribution is 2.33. The summed E-state index contributed by atoms with van der Waals surface area (Å²) < 4.78 is 12.1. The molecule has 1 aliphatic heterocycles. The Morgan fingerprint density at radius 1 is 1.22 bits per heavy atom. The van der Waals surface area contributed by atoms with Crippen LogP contribution >= 0.6 is 23.1 Å². The van der Waals surface area contributed by atoms with Crippen molar-refractivity contribution in [2.24, 2.45) is 0 Å². The van der Waals surface area contributed by atoms with Crippen LogP contribution in [0.2, 0.25) is 0 Å². The third kappa shape index (κ3) is 2.59. The van der Waals surface area contributed by atoms with Crippen molar-refractivity contribution in [2.75, 3.05) is 13.2 Å². The highest BCUT2D eigenvalue weighted by Gasteiger charge is 2.12. The lowest BCUT2D eigenvalue weighted by Crippen LogP contribution is -2.15. The van der Waals surface area contributed by atoms with Gasteiger partial charge in [-0.15, -0.1) is 10.2 Å². The van der Waals surface area contributed by atoms with Gasteiger partial charge in [-0.1, -0.05) is 29.2 Å². The van der Waals surface area contributed by atoms with Gasteiger partial charge >= 0.3 is 0 Å². The minimum Gasteiger partial charge on any atom is -0.486 e. The van der Waals surface area contributed by atoms with E-state index in [0.29, 0.717) is 13.2 Å². The summed E-state index contributed by atoms with van der Waals surface area (Å²) in [6, 6.07) is 6.07. The Labute approximate surface area is 113 Å². The van der Waals surface area contributed by atoms with Gasteiger partial charge in [0.05, 0.1) is 0 Å². The minimum absolute atomic E-state index is 0.624. The number of fused-ring (bicyclic) bond motifs is 1. The molecule has 0 bridgehead atoms.